The average molecular weight is 573 g/mol. The smallest absolute Gasteiger partial charge is 0.238 e. The number of fused-ring (bicyclic) bond motifs is 6. The van der Waals surface area contributed by atoms with Crippen LogP contribution in [0.25, 0.3) is 6.08 Å². The van der Waals surface area contributed by atoms with Gasteiger partial charge in [-0.05, 0) is 83.8 Å². The number of amides is 1. The first-order valence-electron chi connectivity index (χ1n) is 14.5. The van der Waals surface area contributed by atoms with E-state index in [0.29, 0.717) is 29.2 Å². The van der Waals surface area contributed by atoms with E-state index in [9.17, 15) is 18.8 Å². The first-order valence-corrected chi connectivity index (χ1v) is 14.5. The Morgan fingerprint density at radius 1 is 0.884 bits per heavy atom. The Hall–Kier alpha value is -5.04. The van der Waals surface area contributed by atoms with Crippen molar-refractivity contribution in [3.05, 3.63) is 137 Å². The molecule has 1 amide bonds. The molecule has 3 aliphatic rings. The van der Waals surface area contributed by atoms with Gasteiger partial charge in [0.2, 0.25) is 5.91 Å². The van der Waals surface area contributed by atoms with Crippen LogP contribution in [0.2, 0.25) is 0 Å². The molecule has 3 heterocycles. The van der Waals surface area contributed by atoms with Crippen molar-refractivity contribution in [1.29, 1.82) is 0 Å². The second-order valence-corrected chi connectivity index (χ2v) is 11.2. The highest BCUT2D eigenvalue weighted by atomic mass is 19.1. The Morgan fingerprint density at radius 2 is 1.56 bits per heavy atom. The van der Waals surface area contributed by atoms with Crippen molar-refractivity contribution in [3.8, 4) is 5.75 Å². The van der Waals surface area contributed by atoms with Crippen molar-refractivity contribution in [2.24, 2.45) is 5.92 Å². The van der Waals surface area contributed by atoms with Gasteiger partial charge < -0.3 is 15.0 Å². The third-order valence-corrected chi connectivity index (χ3v) is 8.86. The van der Waals surface area contributed by atoms with Crippen LogP contribution in [0.4, 0.5) is 10.1 Å². The predicted octanol–water partition coefficient (Wildman–Crippen LogP) is 6.60. The molecular weight excluding hydrogens is 543 g/mol. The van der Waals surface area contributed by atoms with E-state index in [1.807, 2.05) is 72.6 Å². The number of nitrogens with one attached hydrogen (secondary N) is 1. The number of anilines is 1. The normalized spacial score (nSPS) is 23.0. The van der Waals surface area contributed by atoms with Gasteiger partial charge in [0.25, 0.3) is 0 Å². The molecule has 4 aromatic rings. The lowest BCUT2D eigenvalue weighted by Gasteiger charge is -2.38. The van der Waals surface area contributed by atoms with Crippen LogP contribution >= 0.6 is 0 Å². The zero-order chi connectivity index (χ0) is 29.7. The van der Waals surface area contributed by atoms with Gasteiger partial charge in [-0.25, -0.2) is 4.39 Å². The largest absolute Gasteiger partial charge is 0.494 e. The number of nitrogens with zero attached hydrogens (tertiary/aromatic N) is 1. The fourth-order valence-electron chi connectivity index (χ4n) is 7.07. The maximum atomic E-state index is 14.9. The summed E-state index contributed by atoms with van der Waals surface area (Å²) in [5.74, 6) is -1.94. The van der Waals surface area contributed by atoms with Crippen LogP contribution < -0.4 is 10.1 Å². The molecule has 7 heteroatoms. The lowest BCUT2D eigenvalue weighted by Crippen LogP contribution is -2.49. The maximum Gasteiger partial charge on any atom is 0.238 e. The van der Waals surface area contributed by atoms with Gasteiger partial charge in [-0.15, -0.1) is 0 Å². The van der Waals surface area contributed by atoms with E-state index in [1.165, 1.54) is 24.3 Å². The third kappa shape index (κ3) is 4.02. The molecule has 0 aromatic heterocycles. The molecule has 1 fully saturated rings. The molecule has 6 nitrogen and oxygen atoms in total. The molecule has 4 atom stereocenters. The van der Waals surface area contributed by atoms with Crippen molar-refractivity contribution < 1.29 is 23.5 Å². The van der Waals surface area contributed by atoms with Crippen LogP contribution in [0.1, 0.15) is 56.8 Å². The number of rotatable bonds is 7. The van der Waals surface area contributed by atoms with Crippen molar-refractivity contribution in [2.75, 3.05) is 11.9 Å². The van der Waals surface area contributed by atoms with E-state index < -0.39 is 29.2 Å². The molecular formula is C36H29FN2O4. The van der Waals surface area contributed by atoms with E-state index in [1.54, 1.807) is 24.3 Å². The molecule has 4 aromatic carbocycles. The van der Waals surface area contributed by atoms with Gasteiger partial charge in [0.05, 0.1) is 18.6 Å². The molecule has 0 saturated carbocycles. The second kappa shape index (κ2) is 10.3. The van der Waals surface area contributed by atoms with Gasteiger partial charge in [-0.1, -0.05) is 49.4 Å². The molecule has 0 radical (unpaired) electrons. The fourth-order valence-corrected chi connectivity index (χ4v) is 7.07. The molecule has 1 saturated heterocycles. The van der Waals surface area contributed by atoms with Gasteiger partial charge in [0.1, 0.15) is 23.0 Å². The number of ketones is 2. The Bertz CT molecular complexity index is 1780. The number of hydrogen-bond acceptors (Lipinski definition) is 5. The Labute approximate surface area is 248 Å². The summed E-state index contributed by atoms with van der Waals surface area (Å²) in [7, 11) is 0. The lowest BCUT2D eigenvalue weighted by atomic mass is 9.62. The SMILES string of the molecule is CCCOc1ccc(C(=O)[C@@H]2[C@H](C(=O)c3ccc(F)cc3)N3C=Cc4ccccc4[C@H]3[C@@]23C(=O)Nc2ccccc23)cc1. The standard InChI is InChI=1S/C36H29FN2O4/c1-2-21-43-26-17-13-23(14-18-26)32(40)30-31(33(41)24-11-15-25(37)16-12-24)39-20-19-22-7-3-4-8-27(22)34(39)36(30)28-9-5-6-10-29(28)38-35(36)42/h3-20,30-31,34H,2,21H2,1H3,(H,38,42)/t30-,31+,34-,36-/m0/s1. The minimum Gasteiger partial charge on any atom is -0.494 e. The minimum atomic E-state index is -1.42. The van der Waals surface area contributed by atoms with Crippen molar-refractivity contribution in [1.82, 2.24) is 4.90 Å². The number of carbonyl (C=O) groups is 3. The summed E-state index contributed by atoms with van der Waals surface area (Å²) in [5, 5.41) is 3.05. The van der Waals surface area contributed by atoms with E-state index in [-0.39, 0.29) is 23.0 Å². The number of benzene rings is 4. The minimum absolute atomic E-state index is 0.266. The van der Waals surface area contributed by atoms with E-state index in [4.69, 9.17) is 4.74 Å². The monoisotopic (exact) mass is 572 g/mol. The zero-order valence-corrected chi connectivity index (χ0v) is 23.5. The number of halogens is 1. The van der Waals surface area contributed by atoms with Crippen LogP contribution in [0.15, 0.2) is 103 Å². The molecule has 43 heavy (non-hydrogen) atoms. The maximum absolute atomic E-state index is 14.9. The summed E-state index contributed by atoms with van der Waals surface area (Å²) in [6, 6.07) is 25.7. The number of Topliss-reactive ketones (excluding diaryl/α,β-unsaturated/α-hetero) is 2. The third-order valence-electron chi connectivity index (χ3n) is 8.86. The molecule has 0 unspecified atom stereocenters. The van der Waals surface area contributed by atoms with Crippen molar-refractivity contribution in [2.45, 2.75) is 30.8 Å². The summed E-state index contributed by atoms with van der Waals surface area (Å²) in [6.07, 6.45) is 4.58. The van der Waals surface area contributed by atoms with Crippen molar-refractivity contribution >= 4 is 29.2 Å². The quantitative estimate of drug-likeness (QED) is 0.253. The average Bonchev–Trinajstić information content (AvgIpc) is 3.52. The number of hydrogen-bond donors (Lipinski definition) is 1. The predicted molar refractivity (Wildman–Crippen MR) is 161 cm³/mol. The topological polar surface area (TPSA) is 75.7 Å². The number of ether oxygens (including phenoxy) is 1. The second-order valence-electron chi connectivity index (χ2n) is 11.2. The molecule has 0 bridgehead atoms. The lowest BCUT2D eigenvalue weighted by molar-refractivity contribution is -0.122. The Kier molecular flexibility index (Phi) is 6.46. The molecule has 3 aliphatic heterocycles. The summed E-state index contributed by atoms with van der Waals surface area (Å²) in [4.78, 5) is 45.7. The van der Waals surface area contributed by atoms with Crippen LogP contribution in [0, 0.1) is 11.7 Å². The van der Waals surface area contributed by atoms with Gasteiger partial charge in [0.15, 0.2) is 11.6 Å². The Balaban J connectivity index is 1.47. The molecule has 214 valence electrons. The summed E-state index contributed by atoms with van der Waals surface area (Å²) in [6.45, 7) is 2.56. The van der Waals surface area contributed by atoms with E-state index in [2.05, 4.69) is 5.32 Å². The van der Waals surface area contributed by atoms with Crippen LogP contribution in [-0.2, 0) is 10.2 Å². The molecule has 1 spiro atoms. The molecule has 7 rings (SSSR count). The zero-order valence-electron chi connectivity index (χ0n) is 23.5. The highest BCUT2D eigenvalue weighted by Gasteiger charge is 2.70. The van der Waals surface area contributed by atoms with Gasteiger partial charge in [0, 0.05) is 23.0 Å². The first-order chi connectivity index (χ1) is 20.9. The highest BCUT2D eigenvalue weighted by molar-refractivity contribution is 6.16. The number of carbonyl (C=O) groups excluding carboxylic acids is 3. The molecule has 0 aliphatic carbocycles. The van der Waals surface area contributed by atoms with Crippen LogP contribution in [0.5, 0.6) is 5.75 Å². The van der Waals surface area contributed by atoms with Gasteiger partial charge >= 0.3 is 0 Å². The summed E-state index contributed by atoms with van der Waals surface area (Å²) in [5.41, 5.74) is 2.28. The van der Waals surface area contributed by atoms with E-state index >= 15 is 0 Å². The van der Waals surface area contributed by atoms with Crippen LogP contribution in [-0.4, -0.2) is 35.0 Å². The first kappa shape index (κ1) is 26.8. The van der Waals surface area contributed by atoms with E-state index in [0.717, 1.165) is 17.5 Å². The number of para-hydroxylation sites is 1. The van der Waals surface area contributed by atoms with Crippen molar-refractivity contribution in [3.63, 3.8) is 0 Å². The van der Waals surface area contributed by atoms with Gasteiger partial charge in [-0.3, -0.25) is 14.4 Å². The van der Waals surface area contributed by atoms with Gasteiger partial charge in [-0.2, -0.15) is 0 Å². The summed E-state index contributed by atoms with van der Waals surface area (Å²) >= 11 is 0. The highest BCUT2D eigenvalue weighted by Crippen LogP contribution is 2.62. The van der Waals surface area contributed by atoms with Crippen LogP contribution in [0.3, 0.4) is 0 Å². The Morgan fingerprint density at radius 3 is 2.33 bits per heavy atom. The fraction of sp³-hybridized carbons (Fsp3) is 0.194. The summed E-state index contributed by atoms with van der Waals surface area (Å²) < 4.78 is 19.6. The molecule has 1 N–H and O–H groups in total.